The molecule has 3 heteroatoms. The van der Waals surface area contributed by atoms with Crippen LogP contribution in [0.1, 0.15) is 24.0 Å². The zero-order chi connectivity index (χ0) is 12.5. The van der Waals surface area contributed by atoms with Crippen molar-refractivity contribution in [2.24, 2.45) is 0 Å². The van der Waals surface area contributed by atoms with Gasteiger partial charge in [-0.15, -0.1) is 0 Å². The van der Waals surface area contributed by atoms with Crippen molar-refractivity contribution in [3.63, 3.8) is 0 Å². The largest absolute Gasteiger partial charge is 0.366 e. The molecule has 3 rings (SSSR count). The second kappa shape index (κ2) is 4.62. The fourth-order valence-electron chi connectivity index (χ4n) is 2.59. The fourth-order valence-corrected chi connectivity index (χ4v) is 2.70. The number of hydrogen-bond donors (Lipinski definition) is 0. The molecule has 1 aromatic heterocycles. The summed E-state index contributed by atoms with van der Waals surface area (Å²) in [4.78, 5) is 6.54. The van der Waals surface area contributed by atoms with Gasteiger partial charge in [-0.1, -0.05) is 42.8 Å². The average Bonchev–Trinajstić information content (AvgIpc) is 2.70. The van der Waals surface area contributed by atoms with Crippen LogP contribution in [0.3, 0.4) is 0 Å². The molecule has 2 nitrogen and oxygen atoms in total. The first-order chi connectivity index (χ1) is 8.74. The maximum atomic E-state index is 5.81. The van der Waals surface area contributed by atoms with Gasteiger partial charge in [0.2, 0.25) is 0 Å². The van der Waals surface area contributed by atoms with Crippen LogP contribution in [-0.2, 0) is 6.54 Å². The predicted octanol–water partition coefficient (Wildman–Crippen LogP) is 3.86. The Morgan fingerprint density at radius 3 is 2.89 bits per heavy atom. The molecule has 0 fully saturated rings. The molecule has 0 bridgehead atoms. The van der Waals surface area contributed by atoms with Gasteiger partial charge in [0.15, 0.2) is 0 Å². The molecule has 0 aliphatic carbocycles. The quantitative estimate of drug-likeness (QED) is 0.761. The van der Waals surface area contributed by atoms with Gasteiger partial charge in [0, 0.05) is 30.9 Å². The van der Waals surface area contributed by atoms with Gasteiger partial charge in [-0.05, 0) is 23.3 Å². The number of rotatable bonds is 2. The van der Waals surface area contributed by atoms with E-state index in [1.165, 1.54) is 16.8 Å². The summed E-state index contributed by atoms with van der Waals surface area (Å²) in [5.74, 6) is 0.599. The van der Waals surface area contributed by atoms with Gasteiger partial charge in [0.25, 0.3) is 0 Å². The number of pyridine rings is 1. The van der Waals surface area contributed by atoms with E-state index < -0.39 is 0 Å². The molecule has 1 atom stereocenters. The van der Waals surface area contributed by atoms with Crippen molar-refractivity contribution in [3.05, 3.63) is 58.9 Å². The van der Waals surface area contributed by atoms with Crippen LogP contribution in [0.15, 0.2) is 42.6 Å². The van der Waals surface area contributed by atoms with Crippen LogP contribution in [0.2, 0.25) is 5.15 Å². The minimum absolute atomic E-state index is 0.550. The Balaban J connectivity index is 1.85. The lowest BCUT2D eigenvalue weighted by atomic mass is 10.0. The zero-order valence-corrected chi connectivity index (χ0v) is 11.1. The van der Waals surface area contributed by atoms with E-state index in [1.54, 1.807) is 0 Å². The highest BCUT2D eigenvalue weighted by Gasteiger charge is 2.24. The highest BCUT2D eigenvalue weighted by Crippen LogP contribution is 2.36. The molecule has 92 valence electrons. The monoisotopic (exact) mass is 258 g/mol. The van der Waals surface area contributed by atoms with Crippen molar-refractivity contribution in [2.45, 2.75) is 19.4 Å². The van der Waals surface area contributed by atoms with Gasteiger partial charge in [-0.2, -0.15) is 0 Å². The third-order valence-corrected chi connectivity index (χ3v) is 3.69. The summed E-state index contributed by atoms with van der Waals surface area (Å²) < 4.78 is 0. The molecule has 0 amide bonds. The lowest BCUT2D eigenvalue weighted by molar-refractivity contribution is 0.745. The minimum Gasteiger partial charge on any atom is -0.366 e. The lowest BCUT2D eigenvalue weighted by Crippen LogP contribution is -2.20. The fraction of sp³-hybridized carbons (Fsp3) is 0.267. The van der Waals surface area contributed by atoms with Gasteiger partial charge < -0.3 is 4.90 Å². The third-order valence-electron chi connectivity index (χ3n) is 3.46. The lowest BCUT2D eigenvalue weighted by Gasteiger charge is -2.19. The Kier molecular flexibility index (Phi) is 2.96. The molecular formula is C15H15ClN2. The Morgan fingerprint density at radius 2 is 2.11 bits per heavy atom. The van der Waals surface area contributed by atoms with Crippen LogP contribution in [-0.4, -0.2) is 11.5 Å². The Bertz CT molecular complexity index is 551. The van der Waals surface area contributed by atoms with Gasteiger partial charge in [0.1, 0.15) is 5.15 Å². The Labute approximate surface area is 112 Å². The predicted molar refractivity (Wildman–Crippen MR) is 75.2 cm³/mol. The Morgan fingerprint density at radius 1 is 1.28 bits per heavy atom. The SMILES string of the molecule is CC1CN(Cc2ccc(Cl)nc2)c2ccccc21. The average molecular weight is 259 g/mol. The van der Waals surface area contributed by atoms with Crippen LogP contribution in [0.5, 0.6) is 0 Å². The minimum atomic E-state index is 0.550. The summed E-state index contributed by atoms with van der Waals surface area (Å²) in [5.41, 5.74) is 3.99. The van der Waals surface area contributed by atoms with Crippen molar-refractivity contribution in [3.8, 4) is 0 Å². The van der Waals surface area contributed by atoms with Crippen LogP contribution >= 0.6 is 11.6 Å². The van der Waals surface area contributed by atoms with Crippen LogP contribution in [0, 0.1) is 0 Å². The molecule has 2 heterocycles. The number of anilines is 1. The van der Waals surface area contributed by atoms with Crippen molar-refractivity contribution < 1.29 is 0 Å². The maximum absolute atomic E-state index is 5.81. The smallest absolute Gasteiger partial charge is 0.129 e. The number of hydrogen-bond acceptors (Lipinski definition) is 2. The molecule has 0 N–H and O–H groups in total. The van der Waals surface area contributed by atoms with Crippen LogP contribution < -0.4 is 4.90 Å². The molecular weight excluding hydrogens is 244 g/mol. The number of halogens is 1. The summed E-state index contributed by atoms with van der Waals surface area (Å²) >= 11 is 5.81. The van der Waals surface area contributed by atoms with Gasteiger partial charge in [-0.3, -0.25) is 0 Å². The van der Waals surface area contributed by atoms with Crippen molar-refractivity contribution in [1.29, 1.82) is 0 Å². The number of para-hydroxylation sites is 1. The summed E-state index contributed by atoms with van der Waals surface area (Å²) in [5, 5.41) is 0.550. The standard InChI is InChI=1S/C15H15ClN2/c1-11-9-18(14-5-3-2-4-13(11)14)10-12-6-7-15(16)17-8-12/h2-8,11H,9-10H2,1H3. The van der Waals surface area contributed by atoms with Crippen LogP contribution in [0.4, 0.5) is 5.69 Å². The molecule has 1 aromatic carbocycles. The number of benzene rings is 1. The summed E-state index contributed by atoms with van der Waals surface area (Å²) in [6.45, 7) is 4.24. The first-order valence-corrected chi connectivity index (χ1v) is 6.56. The first-order valence-electron chi connectivity index (χ1n) is 6.18. The second-order valence-electron chi connectivity index (χ2n) is 4.83. The van der Waals surface area contributed by atoms with E-state index in [4.69, 9.17) is 11.6 Å². The second-order valence-corrected chi connectivity index (χ2v) is 5.22. The third kappa shape index (κ3) is 2.08. The van der Waals surface area contributed by atoms with Gasteiger partial charge >= 0.3 is 0 Å². The first kappa shape index (κ1) is 11.5. The van der Waals surface area contributed by atoms with E-state index >= 15 is 0 Å². The molecule has 1 aliphatic rings. The van der Waals surface area contributed by atoms with Crippen molar-refractivity contribution in [1.82, 2.24) is 4.98 Å². The molecule has 2 aromatic rings. The molecule has 18 heavy (non-hydrogen) atoms. The van der Waals surface area contributed by atoms with E-state index in [0.29, 0.717) is 11.1 Å². The van der Waals surface area contributed by atoms with Gasteiger partial charge in [0.05, 0.1) is 0 Å². The number of nitrogens with zero attached hydrogens (tertiary/aromatic N) is 2. The molecule has 0 radical (unpaired) electrons. The zero-order valence-electron chi connectivity index (χ0n) is 10.3. The summed E-state index contributed by atoms with van der Waals surface area (Å²) in [6.07, 6.45) is 1.86. The van der Waals surface area contributed by atoms with E-state index in [-0.39, 0.29) is 0 Å². The molecule has 0 saturated carbocycles. The maximum Gasteiger partial charge on any atom is 0.129 e. The highest BCUT2D eigenvalue weighted by molar-refractivity contribution is 6.29. The van der Waals surface area contributed by atoms with Crippen LogP contribution in [0.25, 0.3) is 0 Å². The van der Waals surface area contributed by atoms with E-state index in [1.807, 2.05) is 18.3 Å². The van der Waals surface area contributed by atoms with E-state index in [9.17, 15) is 0 Å². The number of fused-ring (bicyclic) bond motifs is 1. The topological polar surface area (TPSA) is 16.1 Å². The molecule has 1 unspecified atom stereocenters. The molecule has 0 spiro atoms. The van der Waals surface area contributed by atoms with E-state index in [2.05, 4.69) is 41.1 Å². The summed E-state index contributed by atoms with van der Waals surface area (Å²) in [6, 6.07) is 12.5. The molecule has 0 saturated heterocycles. The number of aromatic nitrogens is 1. The van der Waals surface area contributed by atoms with Crippen molar-refractivity contribution >= 4 is 17.3 Å². The summed E-state index contributed by atoms with van der Waals surface area (Å²) in [7, 11) is 0. The van der Waals surface area contributed by atoms with Gasteiger partial charge in [-0.25, -0.2) is 4.98 Å². The Hall–Kier alpha value is -1.54. The molecule has 1 aliphatic heterocycles. The van der Waals surface area contributed by atoms with E-state index in [0.717, 1.165) is 13.1 Å². The highest BCUT2D eigenvalue weighted by atomic mass is 35.5. The normalized spacial score (nSPS) is 17.9. The van der Waals surface area contributed by atoms with Crippen molar-refractivity contribution in [2.75, 3.05) is 11.4 Å².